The number of aromatic hydroxyl groups is 1. The van der Waals surface area contributed by atoms with Crippen molar-refractivity contribution in [1.29, 1.82) is 0 Å². The molecule has 0 aliphatic carbocycles. The number of nitrogens with one attached hydrogen (secondary N) is 1. The van der Waals surface area contributed by atoms with E-state index in [0.717, 1.165) is 11.4 Å². The quantitative estimate of drug-likeness (QED) is 0.803. The maximum Gasteiger partial charge on any atom is 0.133 e. The van der Waals surface area contributed by atoms with Gasteiger partial charge in [0.1, 0.15) is 10.9 Å². The summed E-state index contributed by atoms with van der Waals surface area (Å²) >= 11 is 5.75. The Bertz CT molecular complexity index is 473. The molecule has 0 saturated carbocycles. The van der Waals surface area contributed by atoms with Crippen LogP contribution in [0.2, 0.25) is 5.15 Å². The molecule has 2 heterocycles. The predicted molar refractivity (Wildman–Crippen MR) is 62.5 cm³/mol. The number of rotatable bonds is 3. The first kappa shape index (κ1) is 10.7. The van der Waals surface area contributed by atoms with Crippen LogP contribution in [-0.2, 0) is 6.54 Å². The highest BCUT2D eigenvalue weighted by Gasteiger charge is 1.97. The first-order valence-electron chi connectivity index (χ1n) is 4.73. The summed E-state index contributed by atoms with van der Waals surface area (Å²) in [6, 6.07) is 6.92. The van der Waals surface area contributed by atoms with Gasteiger partial charge >= 0.3 is 0 Å². The third kappa shape index (κ3) is 2.84. The van der Waals surface area contributed by atoms with Gasteiger partial charge in [-0.05, 0) is 24.3 Å². The zero-order chi connectivity index (χ0) is 11.4. The standard InChI is InChI=1S/C11H10ClN3O/c12-11-5-8(3-4-13-11)14-6-9-1-2-10(16)7-15-9/h1-5,7,16H,6H2,(H,13,14). The molecule has 4 nitrogen and oxygen atoms in total. The topological polar surface area (TPSA) is 58.0 Å². The fourth-order valence-corrected chi connectivity index (χ4v) is 1.40. The molecule has 0 unspecified atom stereocenters. The Morgan fingerprint density at radius 1 is 1.25 bits per heavy atom. The van der Waals surface area contributed by atoms with Crippen LogP contribution in [0.15, 0.2) is 36.7 Å². The monoisotopic (exact) mass is 235 g/mol. The minimum Gasteiger partial charge on any atom is -0.506 e. The summed E-state index contributed by atoms with van der Waals surface area (Å²) in [5.74, 6) is 0.163. The van der Waals surface area contributed by atoms with E-state index >= 15 is 0 Å². The van der Waals surface area contributed by atoms with E-state index in [0.29, 0.717) is 11.7 Å². The van der Waals surface area contributed by atoms with Gasteiger partial charge in [-0.15, -0.1) is 0 Å². The molecule has 16 heavy (non-hydrogen) atoms. The van der Waals surface area contributed by atoms with Crippen LogP contribution in [0.5, 0.6) is 5.75 Å². The lowest BCUT2D eigenvalue weighted by Crippen LogP contribution is -2.01. The Morgan fingerprint density at radius 3 is 2.81 bits per heavy atom. The van der Waals surface area contributed by atoms with Crippen LogP contribution < -0.4 is 5.32 Å². The van der Waals surface area contributed by atoms with E-state index in [1.807, 2.05) is 6.07 Å². The molecule has 0 fully saturated rings. The summed E-state index contributed by atoms with van der Waals surface area (Å²) in [5, 5.41) is 12.7. The van der Waals surface area contributed by atoms with E-state index in [2.05, 4.69) is 15.3 Å². The van der Waals surface area contributed by atoms with Crippen LogP contribution in [0, 0.1) is 0 Å². The molecule has 0 aliphatic heterocycles. The number of pyridine rings is 2. The van der Waals surface area contributed by atoms with Crippen molar-refractivity contribution in [3.05, 3.63) is 47.5 Å². The lowest BCUT2D eigenvalue weighted by molar-refractivity contribution is 0.472. The highest BCUT2D eigenvalue weighted by atomic mass is 35.5. The molecule has 0 radical (unpaired) electrons. The summed E-state index contributed by atoms with van der Waals surface area (Å²) in [4.78, 5) is 7.94. The second-order valence-corrected chi connectivity index (χ2v) is 3.62. The van der Waals surface area contributed by atoms with Crippen molar-refractivity contribution < 1.29 is 5.11 Å². The number of anilines is 1. The maximum absolute atomic E-state index is 9.07. The maximum atomic E-state index is 9.07. The summed E-state index contributed by atoms with van der Waals surface area (Å²) in [6.45, 7) is 0.570. The Hall–Kier alpha value is -1.81. The average molecular weight is 236 g/mol. The molecule has 0 aromatic carbocycles. The molecule has 0 spiro atoms. The van der Waals surface area contributed by atoms with Gasteiger partial charge in [0, 0.05) is 11.9 Å². The van der Waals surface area contributed by atoms with Gasteiger partial charge in [0.05, 0.1) is 18.4 Å². The second-order valence-electron chi connectivity index (χ2n) is 3.23. The molecule has 0 amide bonds. The van der Waals surface area contributed by atoms with Gasteiger partial charge in [-0.2, -0.15) is 0 Å². The summed E-state index contributed by atoms with van der Waals surface area (Å²) in [5.41, 5.74) is 1.72. The van der Waals surface area contributed by atoms with E-state index in [-0.39, 0.29) is 5.75 Å². The fourth-order valence-electron chi connectivity index (χ4n) is 1.23. The Labute approximate surface area is 97.9 Å². The minimum absolute atomic E-state index is 0.163. The molecule has 0 saturated heterocycles. The smallest absolute Gasteiger partial charge is 0.133 e. The summed E-state index contributed by atoms with van der Waals surface area (Å²) in [6.07, 6.45) is 3.05. The van der Waals surface area contributed by atoms with Crippen LogP contribution in [0.25, 0.3) is 0 Å². The van der Waals surface area contributed by atoms with E-state index in [4.69, 9.17) is 16.7 Å². The van der Waals surface area contributed by atoms with Crippen molar-refractivity contribution in [2.75, 3.05) is 5.32 Å². The van der Waals surface area contributed by atoms with E-state index < -0.39 is 0 Å². The van der Waals surface area contributed by atoms with Crippen molar-refractivity contribution in [3.8, 4) is 5.75 Å². The highest BCUT2D eigenvalue weighted by molar-refractivity contribution is 6.29. The van der Waals surface area contributed by atoms with Gasteiger partial charge in [0.15, 0.2) is 0 Å². The molecule has 2 rings (SSSR count). The van der Waals surface area contributed by atoms with Crippen LogP contribution in [0.4, 0.5) is 5.69 Å². The predicted octanol–water partition coefficient (Wildman–Crippen LogP) is 2.45. The third-order valence-corrected chi connectivity index (χ3v) is 2.22. The van der Waals surface area contributed by atoms with Gasteiger partial charge in [0.2, 0.25) is 0 Å². The Balaban J connectivity index is 1.99. The van der Waals surface area contributed by atoms with E-state index in [1.54, 1.807) is 24.4 Å². The van der Waals surface area contributed by atoms with Crippen LogP contribution >= 0.6 is 11.6 Å². The third-order valence-electron chi connectivity index (χ3n) is 2.01. The summed E-state index contributed by atoms with van der Waals surface area (Å²) < 4.78 is 0. The molecular formula is C11H10ClN3O. The SMILES string of the molecule is Oc1ccc(CNc2ccnc(Cl)c2)nc1. The molecular weight excluding hydrogens is 226 g/mol. The number of hydrogen-bond donors (Lipinski definition) is 2. The van der Waals surface area contributed by atoms with Gasteiger partial charge < -0.3 is 10.4 Å². The number of halogens is 1. The second kappa shape index (κ2) is 4.81. The fraction of sp³-hybridized carbons (Fsp3) is 0.0909. The van der Waals surface area contributed by atoms with Gasteiger partial charge in [-0.3, -0.25) is 4.98 Å². The molecule has 0 atom stereocenters. The number of aromatic nitrogens is 2. The first-order valence-corrected chi connectivity index (χ1v) is 5.11. The number of hydrogen-bond acceptors (Lipinski definition) is 4. The molecule has 2 aromatic rings. The highest BCUT2D eigenvalue weighted by Crippen LogP contribution is 2.13. The normalized spacial score (nSPS) is 10.1. The Kier molecular flexibility index (Phi) is 3.22. The van der Waals surface area contributed by atoms with Gasteiger partial charge in [-0.1, -0.05) is 11.6 Å². The lowest BCUT2D eigenvalue weighted by Gasteiger charge is -2.05. The lowest BCUT2D eigenvalue weighted by atomic mass is 10.3. The molecule has 0 aliphatic rings. The largest absolute Gasteiger partial charge is 0.506 e. The zero-order valence-electron chi connectivity index (χ0n) is 8.39. The molecule has 2 aromatic heterocycles. The Morgan fingerprint density at radius 2 is 2.12 bits per heavy atom. The summed E-state index contributed by atoms with van der Waals surface area (Å²) in [7, 11) is 0. The van der Waals surface area contributed by atoms with Crippen molar-refractivity contribution in [3.63, 3.8) is 0 Å². The van der Waals surface area contributed by atoms with Crippen molar-refractivity contribution >= 4 is 17.3 Å². The number of nitrogens with zero attached hydrogens (tertiary/aromatic N) is 2. The van der Waals surface area contributed by atoms with E-state index in [1.165, 1.54) is 6.20 Å². The van der Waals surface area contributed by atoms with Crippen LogP contribution in [-0.4, -0.2) is 15.1 Å². The van der Waals surface area contributed by atoms with Crippen molar-refractivity contribution in [1.82, 2.24) is 9.97 Å². The van der Waals surface area contributed by atoms with Gasteiger partial charge in [0.25, 0.3) is 0 Å². The molecule has 0 bridgehead atoms. The van der Waals surface area contributed by atoms with Crippen LogP contribution in [0.3, 0.4) is 0 Å². The molecule has 5 heteroatoms. The zero-order valence-corrected chi connectivity index (χ0v) is 9.15. The van der Waals surface area contributed by atoms with Crippen LogP contribution in [0.1, 0.15) is 5.69 Å². The van der Waals surface area contributed by atoms with Crippen molar-refractivity contribution in [2.24, 2.45) is 0 Å². The molecule has 2 N–H and O–H groups in total. The van der Waals surface area contributed by atoms with Crippen molar-refractivity contribution in [2.45, 2.75) is 6.54 Å². The minimum atomic E-state index is 0.163. The average Bonchev–Trinajstić information content (AvgIpc) is 2.28. The van der Waals surface area contributed by atoms with E-state index in [9.17, 15) is 0 Å². The first-order chi connectivity index (χ1) is 7.74. The molecule has 82 valence electrons. The van der Waals surface area contributed by atoms with Gasteiger partial charge in [-0.25, -0.2) is 4.98 Å².